The zero-order chi connectivity index (χ0) is 16.4. The number of nitrogens with two attached hydrogens (primary N) is 1. The van der Waals surface area contributed by atoms with E-state index in [2.05, 4.69) is 20.9 Å². The molecule has 23 heavy (non-hydrogen) atoms. The number of anilines is 2. The summed E-state index contributed by atoms with van der Waals surface area (Å²) in [7, 11) is 1.55. The van der Waals surface area contributed by atoms with Gasteiger partial charge >= 0.3 is 0 Å². The highest BCUT2D eigenvalue weighted by Gasteiger charge is 2.41. The summed E-state index contributed by atoms with van der Waals surface area (Å²) in [5.41, 5.74) is 3.67. The van der Waals surface area contributed by atoms with Crippen LogP contribution in [0.25, 0.3) is 0 Å². The summed E-state index contributed by atoms with van der Waals surface area (Å²) < 4.78 is 19.3. The summed E-state index contributed by atoms with van der Waals surface area (Å²) in [5, 5.41) is 11.2. The first kappa shape index (κ1) is 15.8. The van der Waals surface area contributed by atoms with E-state index in [9.17, 15) is 4.39 Å². The number of rotatable bonds is 6. The molecule has 6 nitrogen and oxygen atoms in total. The smallest absolute Gasteiger partial charge is 0.183 e. The molecule has 0 radical (unpaired) electrons. The van der Waals surface area contributed by atoms with Gasteiger partial charge in [0, 0.05) is 12.1 Å². The predicted molar refractivity (Wildman–Crippen MR) is 87.1 cm³/mol. The number of nitrogen functional groups attached to an aromatic ring is 1. The largest absolute Gasteiger partial charge is 0.496 e. The first-order chi connectivity index (χ1) is 11.2. The molecule has 2 atom stereocenters. The van der Waals surface area contributed by atoms with Gasteiger partial charge in [-0.2, -0.15) is 5.10 Å². The van der Waals surface area contributed by atoms with Crippen LogP contribution >= 0.6 is 11.6 Å². The van der Waals surface area contributed by atoms with Gasteiger partial charge in [0.25, 0.3) is 0 Å². The fourth-order valence-corrected chi connectivity index (χ4v) is 2.92. The number of benzene rings is 1. The molecule has 2 unspecified atom stereocenters. The zero-order valence-corrected chi connectivity index (χ0v) is 13.3. The monoisotopic (exact) mass is 337 g/mol. The average Bonchev–Trinajstić information content (AvgIpc) is 3.32. The first-order valence-corrected chi connectivity index (χ1v) is 7.57. The van der Waals surface area contributed by atoms with Gasteiger partial charge < -0.3 is 15.5 Å². The number of aromatic nitrogens is 2. The van der Waals surface area contributed by atoms with Crippen molar-refractivity contribution in [2.45, 2.75) is 12.3 Å². The van der Waals surface area contributed by atoms with Crippen molar-refractivity contribution in [3.63, 3.8) is 0 Å². The standard InChI is InChI=1S/C15H17ClFN5O/c1-23-12-4-2-3-10(17)13(12)9-5-8(9)6-19-11-7-20-22-15(21-18)14(11)16/h2-4,7-9H,5-6,18H2,1H3,(H2,19,21,22). The van der Waals surface area contributed by atoms with Crippen molar-refractivity contribution in [3.8, 4) is 5.75 Å². The third-order valence-corrected chi connectivity index (χ3v) is 4.39. The molecule has 1 aliphatic rings. The SMILES string of the molecule is COc1cccc(F)c1C1CC1CNc1cnnc(NN)c1Cl. The van der Waals surface area contributed by atoms with Crippen LogP contribution in [-0.2, 0) is 0 Å². The van der Waals surface area contributed by atoms with E-state index in [1.165, 1.54) is 12.3 Å². The molecule has 0 bridgehead atoms. The minimum absolute atomic E-state index is 0.138. The lowest BCUT2D eigenvalue weighted by Gasteiger charge is -2.11. The second-order valence-electron chi connectivity index (χ2n) is 5.40. The Hall–Kier alpha value is -2.12. The summed E-state index contributed by atoms with van der Waals surface area (Å²) in [6, 6.07) is 4.89. The van der Waals surface area contributed by atoms with Crippen LogP contribution in [0, 0.1) is 11.7 Å². The third kappa shape index (κ3) is 3.16. The van der Waals surface area contributed by atoms with Crippen LogP contribution in [0.3, 0.4) is 0 Å². The Morgan fingerprint density at radius 1 is 1.48 bits per heavy atom. The molecule has 0 saturated heterocycles. The molecule has 2 aromatic rings. The summed E-state index contributed by atoms with van der Waals surface area (Å²) in [4.78, 5) is 0. The topological polar surface area (TPSA) is 85.1 Å². The van der Waals surface area contributed by atoms with Gasteiger partial charge in [-0.25, -0.2) is 10.2 Å². The van der Waals surface area contributed by atoms with Crippen molar-refractivity contribution in [2.75, 3.05) is 24.4 Å². The van der Waals surface area contributed by atoms with Crippen LogP contribution < -0.4 is 21.3 Å². The number of nitrogens with one attached hydrogen (secondary N) is 2. The van der Waals surface area contributed by atoms with Crippen molar-refractivity contribution >= 4 is 23.1 Å². The maximum atomic E-state index is 14.1. The quantitative estimate of drug-likeness (QED) is 0.555. The second kappa shape index (κ2) is 6.55. The molecule has 1 heterocycles. The molecule has 8 heteroatoms. The van der Waals surface area contributed by atoms with Crippen molar-refractivity contribution < 1.29 is 9.13 Å². The van der Waals surface area contributed by atoms with Gasteiger partial charge in [0.05, 0.1) is 19.0 Å². The highest BCUT2D eigenvalue weighted by atomic mass is 35.5. The summed E-state index contributed by atoms with van der Waals surface area (Å²) in [6.45, 7) is 0.650. The Bertz CT molecular complexity index is 714. The zero-order valence-electron chi connectivity index (χ0n) is 12.5. The van der Waals surface area contributed by atoms with E-state index in [1.807, 2.05) is 0 Å². The van der Waals surface area contributed by atoms with Crippen molar-refractivity contribution in [1.82, 2.24) is 10.2 Å². The molecular formula is C15H17ClFN5O. The number of ether oxygens (including phenoxy) is 1. The molecule has 0 spiro atoms. The summed E-state index contributed by atoms with van der Waals surface area (Å²) in [5.74, 6) is 6.43. The number of hydrogen-bond donors (Lipinski definition) is 3. The van der Waals surface area contributed by atoms with Gasteiger partial charge in [0.1, 0.15) is 16.6 Å². The van der Waals surface area contributed by atoms with Gasteiger partial charge in [0.2, 0.25) is 0 Å². The number of hydrazine groups is 1. The summed E-state index contributed by atoms with van der Waals surface area (Å²) in [6.07, 6.45) is 2.42. The van der Waals surface area contributed by atoms with E-state index in [4.69, 9.17) is 22.2 Å². The Balaban J connectivity index is 1.67. The second-order valence-corrected chi connectivity index (χ2v) is 5.78. The number of methoxy groups -OCH3 is 1. The minimum atomic E-state index is -0.227. The number of halogens is 2. The molecule has 0 aliphatic heterocycles. The van der Waals surface area contributed by atoms with Crippen LogP contribution in [0.4, 0.5) is 15.9 Å². The maximum absolute atomic E-state index is 14.1. The molecule has 1 fully saturated rings. The number of hydrogen-bond acceptors (Lipinski definition) is 6. The summed E-state index contributed by atoms with van der Waals surface area (Å²) >= 11 is 6.15. The molecular weight excluding hydrogens is 321 g/mol. The van der Waals surface area contributed by atoms with E-state index in [1.54, 1.807) is 19.2 Å². The molecule has 122 valence electrons. The predicted octanol–water partition coefficient (Wildman–Crippen LogP) is 2.78. The Morgan fingerprint density at radius 2 is 2.30 bits per heavy atom. The van der Waals surface area contributed by atoms with Crippen molar-refractivity contribution in [2.24, 2.45) is 11.8 Å². The van der Waals surface area contributed by atoms with Crippen molar-refractivity contribution in [3.05, 3.63) is 40.8 Å². The van der Waals surface area contributed by atoms with Gasteiger partial charge in [-0.15, -0.1) is 5.10 Å². The minimum Gasteiger partial charge on any atom is -0.496 e. The van der Waals surface area contributed by atoms with E-state index >= 15 is 0 Å². The molecule has 3 rings (SSSR count). The first-order valence-electron chi connectivity index (χ1n) is 7.19. The molecule has 1 saturated carbocycles. The maximum Gasteiger partial charge on any atom is 0.183 e. The van der Waals surface area contributed by atoms with E-state index in [0.29, 0.717) is 40.3 Å². The molecule has 4 N–H and O–H groups in total. The lowest BCUT2D eigenvalue weighted by Crippen LogP contribution is -2.12. The Labute approximate surface area is 138 Å². The number of nitrogens with zero attached hydrogens (tertiary/aromatic N) is 2. The third-order valence-electron chi connectivity index (χ3n) is 4.01. The highest BCUT2D eigenvalue weighted by molar-refractivity contribution is 6.35. The molecule has 0 amide bonds. The van der Waals surface area contributed by atoms with Crippen LogP contribution in [0.15, 0.2) is 24.4 Å². The fraction of sp³-hybridized carbons (Fsp3) is 0.333. The highest BCUT2D eigenvalue weighted by Crippen LogP contribution is 2.51. The molecule has 1 aromatic carbocycles. The van der Waals surface area contributed by atoms with Gasteiger partial charge in [0.15, 0.2) is 5.82 Å². The normalized spacial score (nSPS) is 19.3. The lowest BCUT2D eigenvalue weighted by atomic mass is 10.1. The van der Waals surface area contributed by atoms with Crippen LogP contribution in [0.2, 0.25) is 5.02 Å². The van der Waals surface area contributed by atoms with E-state index in [0.717, 1.165) is 6.42 Å². The van der Waals surface area contributed by atoms with Crippen LogP contribution in [-0.4, -0.2) is 23.9 Å². The van der Waals surface area contributed by atoms with Crippen LogP contribution in [0.1, 0.15) is 17.9 Å². The molecule has 1 aliphatic carbocycles. The van der Waals surface area contributed by atoms with Gasteiger partial charge in [-0.05, 0) is 30.4 Å². The Kier molecular flexibility index (Phi) is 4.49. The molecule has 1 aromatic heterocycles. The average molecular weight is 338 g/mol. The van der Waals surface area contributed by atoms with Gasteiger partial charge in [-0.3, -0.25) is 0 Å². The van der Waals surface area contributed by atoms with E-state index in [-0.39, 0.29) is 11.7 Å². The van der Waals surface area contributed by atoms with Crippen LogP contribution in [0.5, 0.6) is 5.75 Å². The van der Waals surface area contributed by atoms with E-state index < -0.39 is 0 Å². The van der Waals surface area contributed by atoms with Gasteiger partial charge in [-0.1, -0.05) is 17.7 Å². The fourth-order valence-electron chi connectivity index (χ4n) is 2.71. The van der Waals surface area contributed by atoms with Crippen molar-refractivity contribution in [1.29, 1.82) is 0 Å². The Morgan fingerprint density at radius 3 is 3.04 bits per heavy atom. The lowest BCUT2D eigenvalue weighted by molar-refractivity contribution is 0.404.